The van der Waals surface area contributed by atoms with Crippen LogP contribution in [0.5, 0.6) is 0 Å². The number of carbonyl (C=O) groups excluding carboxylic acids is 1. The molecule has 4 heteroatoms. The van der Waals surface area contributed by atoms with Crippen LogP contribution in [0.2, 0.25) is 0 Å². The summed E-state index contributed by atoms with van der Waals surface area (Å²) in [5, 5.41) is 3.80. The Kier molecular flexibility index (Phi) is 4.40. The van der Waals surface area contributed by atoms with Crippen LogP contribution in [0.4, 0.5) is 0 Å². The summed E-state index contributed by atoms with van der Waals surface area (Å²) in [6.45, 7) is 5.04. The van der Waals surface area contributed by atoms with E-state index in [1.807, 2.05) is 30.3 Å². The van der Waals surface area contributed by atoms with Gasteiger partial charge in [-0.1, -0.05) is 35.5 Å². The Morgan fingerprint density at radius 2 is 1.82 bits per heavy atom. The molecular formula is C13H17NO3. The van der Waals surface area contributed by atoms with E-state index < -0.39 is 11.6 Å². The number of hydrogen-bond donors (Lipinski definition) is 0. The maximum Gasteiger partial charge on any atom is 0.365 e. The first-order valence-electron chi connectivity index (χ1n) is 5.34. The van der Waals surface area contributed by atoms with Crippen LogP contribution in [0.1, 0.15) is 26.3 Å². The van der Waals surface area contributed by atoms with Crippen molar-refractivity contribution in [3.05, 3.63) is 35.9 Å². The standard InChI is InChI=1S/C13H17NO3/c1-10(11-8-6-5-7-9-11)14-17-12(15)13(2,3)16-4/h5-9H,1-4H3/b14-10+. The molecule has 92 valence electrons. The van der Waals surface area contributed by atoms with Crippen molar-refractivity contribution in [2.45, 2.75) is 26.4 Å². The highest BCUT2D eigenvalue weighted by Crippen LogP contribution is 2.10. The van der Waals surface area contributed by atoms with Crippen molar-refractivity contribution in [2.24, 2.45) is 5.16 Å². The smallest absolute Gasteiger partial charge is 0.365 e. The Bertz CT molecular complexity index is 410. The van der Waals surface area contributed by atoms with E-state index in [1.54, 1.807) is 20.8 Å². The highest BCUT2D eigenvalue weighted by Gasteiger charge is 2.29. The topological polar surface area (TPSA) is 47.9 Å². The van der Waals surface area contributed by atoms with Crippen molar-refractivity contribution >= 4 is 11.7 Å². The van der Waals surface area contributed by atoms with Gasteiger partial charge in [-0.25, -0.2) is 4.79 Å². The number of carbonyl (C=O) groups is 1. The summed E-state index contributed by atoms with van der Waals surface area (Å²) in [7, 11) is 1.45. The second-order valence-corrected chi connectivity index (χ2v) is 4.14. The average Bonchev–Trinajstić information content (AvgIpc) is 2.36. The maximum atomic E-state index is 11.6. The molecule has 0 fully saturated rings. The van der Waals surface area contributed by atoms with E-state index >= 15 is 0 Å². The molecule has 0 atom stereocenters. The minimum absolute atomic E-state index is 0.518. The number of ether oxygens (including phenoxy) is 1. The van der Waals surface area contributed by atoms with Gasteiger partial charge in [0, 0.05) is 7.11 Å². The molecule has 0 saturated heterocycles. The van der Waals surface area contributed by atoms with E-state index in [4.69, 9.17) is 9.57 Å². The van der Waals surface area contributed by atoms with Gasteiger partial charge in [0.15, 0.2) is 5.60 Å². The van der Waals surface area contributed by atoms with Gasteiger partial charge in [0.05, 0.1) is 5.71 Å². The fourth-order valence-corrected chi connectivity index (χ4v) is 1.04. The second-order valence-electron chi connectivity index (χ2n) is 4.14. The minimum Gasteiger partial charge on any atom is -0.367 e. The van der Waals surface area contributed by atoms with E-state index in [0.29, 0.717) is 5.71 Å². The summed E-state index contributed by atoms with van der Waals surface area (Å²) >= 11 is 0. The van der Waals surface area contributed by atoms with Gasteiger partial charge in [-0.15, -0.1) is 0 Å². The predicted octanol–water partition coefficient (Wildman–Crippen LogP) is 2.38. The Balaban J connectivity index is 2.70. The molecule has 0 amide bonds. The molecule has 0 aliphatic rings. The number of rotatable bonds is 4. The summed E-state index contributed by atoms with van der Waals surface area (Å²) in [4.78, 5) is 16.4. The van der Waals surface area contributed by atoms with Gasteiger partial charge in [-0.3, -0.25) is 0 Å². The lowest BCUT2D eigenvalue weighted by molar-refractivity contribution is -0.165. The van der Waals surface area contributed by atoms with Crippen LogP contribution in [-0.2, 0) is 14.4 Å². The quantitative estimate of drug-likeness (QED) is 0.457. The van der Waals surface area contributed by atoms with Crippen molar-refractivity contribution in [3.63, 3.8) is 0 Å². The molecule has 0 spiro atoms. The molecule has 4 nitrogen and oxygen atoms in total. The van der Waals surface area contributed by atoms with Gasteiger partial charge in [0.2, 0.25) is 0 Å². The van der Waals surface area contributed by atoms with Crippen molar-refractivity contribution in [2.75, 3.05) is 7.11 Å². The summed E-state index contributed by atoms with van der Waals surface area (Å²) in [6, 6.07) is 9.50. The van der Waals surface area contributed by atoms with Gasteiger partial charge in [0.1, 0.15) is 0 Å². The first kappa shape index (κ1) is 13.4. The van der Waals surface area contributed by atoms with Crippen LogP contribution in [0, 0.1) is 0 Å². The fraction of sp³-hybridized carbons (Fsp3) is 0.385. The average molecular weight is 235 g/mol. The van der Waals surface area contributed by atoms with E-state index in [0.717, 1.165) is 5.56 Å². The van der Waals surface area contributed by atoms with Crippen molar-refractivity contribution in [3.8, 4) is 0 Å². The molecule has 0 aliphatic heterocycles. The SMILES string of the molecule is COC(C)(C)C(=O)O/N=C(\C)c1ccccc1. The molecule has 1 aromatic rings. The summed E-state index contributed by atoms with van der Waals surface area (Å²) in [5.41, 5.74) is 0.571. The van der Waals surface area contributed by atoms with Gasteiger partial charge >= 0.3 is 5.97 Å². The second kappa shape index (κ2) is 5.59. The number of oxime groups is 1. The van der Waals surface area contributed by atoms with E-state index in [9.17, 15) is 4.79 Å². The Morgan fingerprint density at radius 3 is 2.35 bits per heavy atom. The van der Waals surface area contributed by atoms with Crippen LogP contribution < -0.4 is 0 Å². The number of methoxy groups -OCH3 is 1. The molecule has 1 aromatic carbocycles. The zero-order valence-electron chi connectivity index (χ0n) is 10.6. The third-order valence-electron chi connectivity index (χ3n) is 2.46. The first-order chi connectivity index (χ1) is 7.97. The molecule has 0 heterocycles. The summed E-state index contributed by atoms with van der Waals surface area (Å²) in [6.07, 6.45) is 0. The summed E-state index contributed by atoms with van der Waals surface area (Å²) < 4.78 is 4.99. The van der Waals surface area contributed by atoms with E-state index in [1.165, 1.54) is 7.11 Å². The largest absolute Gasteiger partial charge is 0.367 e. The molecule has 1 rings (SSSR count). The van der Waals surface area contributed by atoms with Crippen molar-refractivity contribution in [1.82, 2.24) is 0 Å². The first-order valence-corrected chi connectivity index (χ1v) is 5.34. The molecule has 17 heavy (non-hydrogen) atoms. The van der Waals surface area contributed by atoms with E-state index in [-0.39, 0.29) is 0 Å². The molecule has 0 aromatic heterocycles. The molecule has 0 radical (unpaired) electrons. The van der Waals surface area contributed by atoms with Crippen molar-refractivity contribution in [1.29, 1.82) is 0 Å². The lowest BCUT2D eigenvalue weighted by Crippen LogP contribution is -2.34. The number of nitrogens with zero attached hydrogens (tertiary/aromatic N) is 1. The molecular weight excluding hydrogens is 218 g/mol. The molecule has 0 saturated carbocycles. The molecule has 0 unspecified atom stereocenters. The highest BCUT2D eigenvalue weighted by atomic mass is 16.7. The van der Waals surface area contributed by atoms with Gasteiger partial charge in [0.25, 0.3) is 0 Å². The van der Waals surface area contributed by atoms with Gasteiger partial charge < -0.3 is 9.57 Å². The normalized spacial score (nSPS) is 12.4. The van der Waals surface area contributed by atoms with E-state index in [2.05, 4.69) is 5.16 Å². The lowest BCUT2D eigenvalue weighted by atomic mass is 10.1. The summed E-state index contributed by atoms with van der Waals surface area (Å²) in [5.74, 6) is -0.518. The third-order valence-corrected chi connectivity index (χ3v) is 2.46. The monoisotopic (exact) mass is 235 g/mol. The zero-order chi connectivity index (χ0) is 12.9. The highest BCUT2D eigenvalue weighted by molar-refractivity contribution is 5.98. The lowest BCUT2D eigenvalue weighted by Gasteiger charge is -2.18. The minimum atomic E-state index is -0.986. The fourth-order valence-electron chi connectivity index (χ4n) is 1.04. The van der Waals surface area contributed by atoms with Crippen molar-refractivity contribution < 1.29 is 14.4 Å². The molecule has 0 N–H and O–H groups in total. The van der Waals surface area contributed by atoms with Crippen LogP contribution in [0.15, 0.2) is 35.5 Å². The Labute approximate surface area is 101 Å². The van der Waals surface area contributed by atoms with Gasteiger partial charge in [-0.05, 0) is 26.3 Å². The molecule has 0 bridgehead atoms. The number of hydrogen-bond acceptors (Lipinski definition) is 4. The Hall–Kier alpha value is -1.68. The molecule has 0 aliphatic carbocycles. The van der Waals surface area contributed by atoms with Gasteiger partial charge in [-0.2, -0.15) is 0 Å². The Morgan fingerprint density at radius 1 is 1.24 bits per heavy atom. The maximum absolute atomic E-state index is 11.6. The van der Waals surface area contributed by atoms with Crippen LogP contribution in [0.3, 0.4) is 0 Å². The third kappa shape index (κ3) is 3.67. The van der Waals surface area contributed by atoms with Crippen LogP contribution in [0.25, 0.3) is 0 Å². The van der Waals surface area contributed by atoms with Crippen LogP contribution >= 0.6 is 0 Å². The zero-order valence-corrected chi connectivity index (χ0v) is 10.6. The predicted molar refractivity (Wildman–Crippen MR) is 65.8 cm³/mol. The number of benzene rings is 1. The van der Waals surface area contributed by atoms with Crippen LogP contribution in [-0.4, -0.2) is 24.4 Å².